The minimum atomic E-state index is 0.637. The number of pyridine rings is 3. The van der Waals surface area contributed by atoms with Crippen LogP contribution in [0.25, 0.3) is 79.1 Å². The van der Waals surface area contributed by atoms with Crippen LogP contribution in [-0.4, -0.2) is 24.9 Å². The molecule has 8 aromatic rings. The van der Waals surface area contributed by atoms with Gasteiger partial charge < -0.3 is 0 Å². The fourth-order valence-electron chi connectivity index (χ4n) is 5.76. The molecule has 0 aliphatic rings. The molecule has 226 valence electrons. The summed E-state index contributed by atoms with van der Waals surface area (Å²) in [6.07, 6.45) is 1.79. The minimum absolute atomic E-state index is 0.637. The van der Waals surface area contributed by atoms with E-state index in [1.165, 1.54) is 0 Å². The average Bonchev–Trinajstić information content (AvgIpc) is 3.19. The Bertz CT molecular complexity index is 2270. The summed E-state index contributed by atoms with van der Waals surface area (Å²) in [5, 5.41) is 0. The van der Waals surface area contributed by atoms with Crippen LogP contribution in [0.3, 0.4) is 0 Å². The van der Waals surface area contributed by atoms with Crippen LogP contribution >= 0.6 is 0 Å². The monoisotopic (exact) mass is 615 g/mol. The number of rotatable bonds is 7. The van der Waals surface area contributed by atoms with Crippen LogP contribution in [-0.2, 0) is 0 Å². The molecular weight excluding hydrogens is 587 g/mol. The Labute approximate surface area is 279 Å². The Morgan fingerprint density at radius 2 is 0.729 bits per heavy atom. The van der Waals surface area contributed by atoms with Crippen LogP contribution < -0.4 is 0 Å². The highest BCUT2D eigenvalue weighted by molar-refractivity contribution is 5.77. The van der Waals surface area contributed by atoms with E-state index in [0.29, 0.717) is 5.82 Å². The van der Waals surface area contributed by atoms with Gasteiger partial charge >= 0.3 is 0 Å². The van der Waals surface area contributed by atoms with Gasteiger partial charge in [0, 0.05) is 17.3 Å². The fourth-order valence-corrected chi connectivity index (χ4v) is 5.76. The predicted molar refractivity (Wildman–Crippen MR) is 193 cm³/mol. The lowest BCUT2D eigenvalue weighted by molar-refractivity contribution is 1.16. The second kappa shape index (κ2) is 13.0. The topological polar surface area (TPSA) is 64.5 Å². The number of hydrogen-bond acceptors (Lipinski definition) is 5. The molecule has 0 amide bonds. The van der Waals surface area contributed by atoms with Crippen LogP contribution in [0.5, 0.6) is 0 Å². The molecule has 0 bridgehead atoms. The summed E-state index contributed by atoms with van der Waals surface area (Å²) in [5.41, 5.74) is 11.7. The second-order valence-electron chi connectivity index (χ2n) is 11.4. The number of nitrogens with zero attached hydrogens (tertiary/aromatic N) is 5. The van der Waals surface area contributed by atoms with Crippen LogP contribution in [0.15, 0.2) is 176 Å². The zero-order valence-corrected chi connectivity index (χ0v) is 26.0. The van der Waals surface area contributed by atoms with Crippen LogP contribution in [0, 0.1) is 0 Å². The first kappa shape index (κ1) is 28.9. The molecule has 0 N–H and O–H groups in total. The molecule has 0 fully saturated rings. The van der Waals surface area contributed by atoms with E-state index in [9.17, 15) is 0 Å². The molecule has 48 heavy (non-hydrogen) atoms. The predicted octanol–water partition coefficient (Wildman–Crippen LogP) is 10.3. The van der Waals surface area contributed by atoms with Crippen molar-refractivity contribution in [3.8, 4) is 79.1 Å². The summed E-state index contributed by atoms with van der Waals surface area (Å²) in [6.45, 7) is 0. The summed E-state index contributed by atoms with van der Waals surface area (Å²) in [4.78, 5) is 24.9. The molecule has 0 aliphatic carbocycles. The molecule has 0 aliphatic heterocycles. The molecule has 0 saturated carbocycles. The molecule has 5 nitrogen and oxygen atoms in total. The highest BCUT2D eigenvalue weighted by Crippen LogP contribution is 2.32. The number of hydrogen-bond donors (Lipinski definition) is 0. The van der Waals surface area contributed by atoms with Gasteiger partial charge in [0.1, 0.15) is 0 Å². The van der Waals surface area contributed by atoms with E-state index >= 15 is 0 Å². The van der Waals surface area contributed by atoms with Crippen LogP contribution in [0.1, 0.15) is 0 Å². The Morgan fingerprint density at radius 3 is 1.40 bits per heavy atom. The lowest BCUT2D eigenvalue weighted by Crippen LogP contribution is -1.99. The molecule has 4 aromatic heterocycles. The van der Waals surface area contributed by atoms with Gasteiger partial charge in [0.25, 0.3) is 0 Å². The van der Waals surface area contributed by atoms with Crippen molar-refractivity contribution >= 4 is 0 Å². The smallest absolute Gasteiger partial charge is 0.160 e. The Balaban J connectivity index is 1.26. The van der Waals surface area contributed by atoms with Gasteiger partial charge in [-0.15, -0.1) is 0 Å². The molecule has 0 radical (unpaired) electrons. The van der Waals surface area contributed by atoms with Gasteiger partial charge in [-0.25, -0.2) is 19.9 Å². The standard InChI is InChI=1S/C43H29N5/c1-4-14-30(15-5-1)33-20-12-21-34(26-33)43-47-39(32-18-8-3-9-19-32)29-42(48-43)38-24-13-23-37(45-38)41-28-35(31-16-6-2-7-17-31)27-40(46-41)36-22-10-11-25-44-36/h1-29H. The molecule has 0 saturated heterocycles. The van der Waals surface area contributed by atoms with E-state index in [4.69, 9.17) is 19.9 Å². The summed E-state index contributed by atoms with van der Waals surface area (Å²) >= 11 is 0. The minimum Gasteiger partial charge on any atom is -0.255 e. The van der Waals surface area contributed by atoms with E-state index in [1.807, 2.05) is 84.9 Å². The molecule has 0 unspecified atom stereocenters. The Morgan fingerprint density at radius 1 is 0.250 bits per heavy atom. The van der Waals surface area contributed by atoms with Crippen molar-refractivity contribution in [1.82, 2.24) is 24.9 Å². The third-order valence-corrected chi connectivity index (χ3v) is 8.16. The first-order valence-electron chi connectivity index (χ1n) is 15.8. The molecular formula is C43H29N5. The van der Waals surface area contributed by atoms with Gasteiger partial charge in [-0.05, 0) is 70.8 Å². The van der Waals surface area contributed by atoms with E-state index in [1.54, 1.807) is 6.20 Å². The molecule has 0 atom stereocenters. The zero-order chi connectivity index (χ0) is 32.1. The van der Waals surface area contributed by atoms with Gasteiger partial charge in [-0.2, -0.15) is 0 Å². The Kier molecular flexibility index (Phi) is 7.83. The maximum Gasteiger partial charge on any atom is 0.160 e. The van der Waals surface area contributed by atoms with Gasteiger partial charge in [-0.1, -0.05) is 121 Å². The lowest BCUT2D eigenvalue weighted by Gasteiger charge is -2.12. The summed E-state index contributed by atoms with van der Waals surface area (Å²) in [6, 6.07) is 57.3. The van der Waals surface area contributed by atoms with Crippen LogP contribution in [0.4, 0.5) is 0 Å². The number of aromatic nitrogens is 5. The first-order valence-corrected chi connectivity index (χ1v) is 15.8. The Hall–Kier alpha value is -6.59. The van der Waals surface area contributed by atoms with E-state index in [-0.39, 0.29) is 0 Å². The molecule has 4 aromatic carbocycles. The van der Waals surface area contributed by atoms with E-state index in [0.717, 1.165) is 73.2 Å². The SMILES string of the molecule is c1ccc(-c2cccc(-c3nc(-c4ccccc4)cc(-c4cccc(-c5cc(-c6ccccc6)cc(-c6ccccn6)n5)n4)n3)c2)cc1. The van der Waals surface area contributed by atoms with Crippen molar-refractivity contribution in [1.29, 1.82) is 0 Å². The van der Waals surface area contributed by atoms with Crippen molar-refractivity contribution < 1.29 is 0 Å². The first-order chi connectivity index (χ1) is 23.8. The molecule has 5 heteroatoms. The van der Waals surface area contributed by atoms with Gasteiger partial charge in [0.05, 0.1) is 39.9 Å². The van der Waals surface area contributed by atoms with E-state index < -0.39 is 0 Å². The lowest BCUT2D eigenvalue weighted by atomic mass is 10.0. The second-order valence-corrected chi connectivity index (χ2v) is 11.4. The van der Waals surface area contributed by atoms with E-state index in [2.05, 4.69) is 89.9 Å². The summed E-state index contributed by atoms with van der Waals surface area (Å²) in [5.74, 6) is 0.637. The van der Waals surface area contributed by atoms with Crippen molar-refractivity contribution in [2.45, 2.75) is 0 Å². The maximum absolute atomic E-state index is 5.14. The zero-order valence-electron chi connectivity index (χ0n) is 26.0. The van der Waals surface area contributed by atoms with Crippen molar-refractivity contribution in [2.75, 3.05) is 0 Å². The molecule has 4 heterocycles. The summed E-state index contributed by atoms with van der Waals surface area (Å²) < 4.78 is 0. The maximum atomic E-state index is 5.14. The normalized spacial score (nSPS) is 10.9. The quantitative estimate of drug-likeness (QED) is 0.178. The summed E-state index contributed by atoms with van der Waals surface area (Å²) in [7, 11) is 0. The average molecular weight is 616 g/mol. The third-order valence-electron chi connectivity index (χ3n) is 8.16. The van der Waals surface area contributed by atoms with Crippen molar-refractivity contribution in [3.05, 3.63) is 176 Å². The third kappa shape index (κ3) is 6.13. The number of benzene rings is 4. The largest absolute Gasteiger partial charge is 0.255 e. The highest BCUT2D eigenvalue weighted by atomic mass is 14.9. The van der Waals surface area contributed by atoms with Gasteiger partial charge in [-0.3, -0.25) is 4.98 Å². The van der Waals surface area contributed by atoms with Gasteiger partial charge in [0.2, 0.25) is 0 Å². The van der Waals surface area contributed by atoms with Crippen LogP contribution in [0.2, 0.25) is 0 Å². The van der Waals surface area contributed by atoms with Crippen molar-refractivity contribution in [3.63, 3.8) is 0 Å². The highest BCUT2D eigenvalue weighted by Gasteiger charge is 2.15. The fraction of sp³-hybridized carbons (Fsp3) is 0. The molecule has 0 spiro atoms. The van der Waals surface area contributed by atoms with Gasteiger partial charge in [0.15, 0.2) is 5.82 Å². The molecule has 8 rings (SSSR count). The van der Waals surface area contributed by atoms with Crippen molar-refractivity contribution in [2.24, 2.45) is 0 Å².